The highest BCUT2D eigenvalue weighted by atomic mass is 35.5. The molecule has 0 atom stereocenters. The van der Waals surface area contributed by atoms with Crippen LogP contribution in [0.1, 0.15) is 12.5 Å². The molecule has 0 aliphatic carbocycles. The lowest BCUT2D eigenvalue weighted by molar-refractivity contribution is -0.141. The molecule has 0 heterocycles. The van der Waals surface area contributed by atoms with Crippen molar-refractivity contribution in [3.8, 4) is 11.5 Å². The van der Waals surface area contributed by atoms with E-state index in [9.17, 15) is 13.2 Å². The molecule has 0 radical (unpaired) electrons. The SMILES string of the molecule is CCOC(=O)CN(c1cc(OCc2ccccc2)c(Cl)cc1Cl)S(=O)(=O)c1ccc(OC)cc1. The van der Waals surface area contributed by atoms with Gasteiger partial charge in [-0.2, -0.15) is 0 Å². The molecule has 34 heavy (non-hydrogen) atoms. The van der Waals surface area contributed by atoms with Crippen LogP contribution >= 0.6 is 23.2 Å². The summed E-state index contributed by atoms with van der Waals surface area (Å²) in [6.07, 6.45) is 0. The maximum absolute atomic E-state index is 13.5. The van der Waals surface area contributed by atoms with Gasteiger partial charge in [0.05, 0.1) is 34.3 Å². The standard InChI is InChI=1S/C24H23Cl2NO6S/c1-3-32-24(28)15-27(34(29,30)19-11-9-18(31-2)10-12-19)22-14-23(21(26)13-20(22)25)33-16-17-7-5-4-6-8-17/h4-14H,3,15-16H2,1-2H3. The van der Waals surface area contributed by atoms with Gasteiger partial charge in [-0.1, -0.05) is 53.5 Å². The van der Waals surface area contributed by atoms with E-state index in [1.165, 1.54) is 43.5 Å². The van der Waals surface area contributed by atoms with Crippen LogP contribution in [0.2, 0.25) is 10.0 Å². The largest absolute Gasteiger partial charge is 0.497 e. The molecule has 0 aliphatic rings. The predicted octanol–water partition coefficient (Wildman–Crippen LogP) is 5.34. The van der Waals surface area contributed by atoms with Gasteiger partial charge in [0.15, 0.2) is 0 Å². The van der Waals surface area contributed by atoms with Gasteiger partial charge in [0.2, 0.25) is 0 Å². The van der Waals surface area contributed by atoms with E-state index in [-0.39, 0.29) is 39.6 Å². The zero-order chi connectivity index (χ0) is 24.7. The number of nitrogens with zero attached hydrogens (tertiary/aromatic N) is 1. The number of carbonyl (C=O) groups is 1. The third-order valence-electron chi connectivity index (χ3n) is 4.73. The van der Waals surface area contributed by atoms with Crippen LogP contribution in [0.25, 0.3) is 0 Å². The highest BCUT2D eigenvalue weighted by molar-refractivity contribution is 7.92. The quantitative estimate of drug-likeness (QED) is 0.333. The number of hydrogen-bond donors (Lipinski definition) is 0. The lowest BCUT2D eigenvalue weighted by atomic mass is 10.2. The second-order valence-corrected chi connectivity index (χ2v) is 9.68. The summed E-state index contributed by atoms with van der Waals surface area (Å²) in [5.41, 5.74) is 0.919. The van der Waals surface area contributed by atoms with Crippen LogP contribution in [0.4, 0.5) is 5.69 Å². The first-order valence-electron chi connectivity index (χ1n) is 10.2. The summed E-state index contributed by atoms with van der Waals surface area (Å²) in [7, 11) is -2.74. The molecule has 180 valence electrons. The van der Waals surface area contributed by atoms with E-state index in [0.29, 0.717) is 5.75 Å². The first kappa shape index (κ1) is 25.7. The minimum absolute atomic E-state index is 0.0259. The van der Waals surface area contributed by atoms with Crippen LogP contribution in [-0.2, 0) is 26.2 Å². The monoisotopic (exact) mass is 523 g/mol. The van der Waals surface area contributed by atoms with E-state index >= 15 is 0 Å². The Morgan fingerprint density at radius 3 is 2.26 bits per heavy atom. The first-order valence-corrected chi connectivity index (χ1v) is 12.4. The summed E-state index contributed by atoms with van der Waals surface area (Å²) in [6, 6.07) is 17.9. The molecule has 0 N–H and O–H groups in total. The van der Waals surface area contributed by atoms with E-state index < -0.39 is 22.5 Å². The molecule has 3 rings (SSSR count). The highest BCUT2D eigenvalue weighted by Crippen LogP contribution is 2.39. The lowest BCUT2D eigenvalue weighted by Gasteiger charge is -2.25. The van der Waals surface area contributed by atoms with E-state index in [1.54, 1.807) is 6.92 Å². The van der Waals surface area contributed by atoms with Crippen molar-refractivity contribution in [1.82, 2.24) is 0 Å². The molecule has 0 saturated carbocycles. The fourth-order valence-electron chi connectivity index (χ4n) is 3.05. The Labute approximate surface area is 208 Å². The zero-order valence-corrected chi connectivity index (χ0v) is 20.9. The molecule has 0 amide bonds. The van der Waals surface area contributed by atoms with E-state index in [1.807, 2.05) is 30.3 Å². The molecular weight excluding hydrogens is 501 g/mol. The molecular formula is C24H23Cl2NO6S. The number of esters is 1. The van der Waals surface area contributed by atoms with Crippen LogP contribution in [0.5, 0.6) is 11.5 Å². The van der Waals surface area contributed by atoms with Crippen molar-refractivity contribution in [1.29, 1.82) is 0 Å². The van der Waals surface area contributed by atoms with Gasteiger partial charge in [0.25, 0.3) is 10.0 Å². The Hall–Kier alpha value is -2.94. The molecule has 0 fully saturated rings. The third kappa shape index (κ3) is 6.14. The van der Waals surface area contributed by atoms with Gasteiger partial charge in [-0.05, 0) is 42.8 Å². The lowest BCUT2D eigenvalue weighted by Crippen LogP contribution is -2.36. The van der Waals surface area contributed by atoms with E-state index in [4.69, 9.17) is 37.4 Å². The Bertz CT molecular complexity index is 1230. The maximum atomic E-state index is 13.5. The van der Waals surface area contributed by atoms with Crippen LogP contribution in [0, 0.1) is 0 Å². The molecule has 3 aromatic carbocycles. The molecule has 0 saturated heterocycles. The molecule has 3 aromatic rings. The van der Waals surface area contributed by atoms with Crippen molar-refractivity contribution in [2.45, 2.75) is 18.4 Å². The molecule has 7 nitrogen and oxygen atoms in total. The number of methoxy groups -OCH3 is 1. The number of benzene rings is 3. The number of rotatable bonds is 10. The molecule has 0 spiro atoms. The van der Waals surface area contributed by atoms with Crippen molar-refractivity contribution in [2.24, 2.45) is 0 Å². The van der Waals surface area contributed by atoms with Gasteiger partial charge >= 0.3 is 5.97 Å². The van der Waals surface area contributed by atoms with Crippen molar-refractivity contribution in [3.63, 3.8) is 0 Å². The Morgan fingerprint density at radius 2 is 1.65 bits per heavy atom. The predicted molar refractivity (Wildman–Crippen MR) is 131 cm³/mol. The topological polar surface area (TPSA) is 82.1 Å². The minimum Gasteiger partial charge on any atom is -0.497 e. The molecule has 0 aromatic heterocycles. The second kappa shape index (κ2) is 11.5. The van der Waals surface area contributed by atoms with Crippen molar-refractivity contribution in [2.75, 3.05) is 24.6 Å². The van der Waals surface area contributed by atoms with Gasteiger partial charge in [-0.15, -0.1) is 0 Å². The number of ether oxygens (including phenoxy) is 3. The van der Waals surface area contributed by atoms with Crippen molar-refractivity contribution < 1.29 is 27.4 Å². The fourth-order valence-corrected chi connectivity index (χ4v) is 5.06. The summed E-state index contributed by atoms with van der Waals surface area (Å²) in [4.78, 5) is 12.3. The number of hydrogen-bond acceptors (Lipinski definition) is 6. The Kier molecular flexibility index (Phi) is 8.66. The summed E-state index contributed by atoms with van der Waals surface area (Å²) in [5, 5.41) is 0.223. The third-order valence-corrected chi connectivity index (χ3v) is 7.10. The van der Waals surface area contributed by atoms with Gasteiger partial charge in [-0.3, -0.25) is 9.10 Å². The van der Waals surface area contributed by atoms with Gasteiger partial charge in [-0.25, -0.2) is 8.42 Å². The highest BCUT2D eigenvalue weighted by Gasteiger charge is 2.30. The summed E-state index contributed by atoms with van der Waals surface area (Å²) < 4.78 is 43.9. The maximum Gasteiger partial charge on any atom is 0.326 e. The summed E-state index contributed by atoms with van der Waals surface area (Å²) >= 11 is 12.7. The Morgan fingerprint density at radius 1 is 0.971 bits per heavy atom. The number of carbonyl (C=O) groups excluding carboxylic acids is 1. The number of halogens is 2. The molecule has 10 heteroatoms. The first-order chi connectivity index (χ1) is 16.3. The van der Waals surface area contributed by atoms with E-state index in [2.05, 4.69) is 0 Å². The zero-order valence-electron chi connectivity index (χ0n) is 18.5. The number of anilines is 1. The number of sulfonamides is 1. The van der Waals surface area contributed by atoms with Crippen LogP contribution in [0.15, 0.2) is 71.6 Å². The Balaban J connectivity index is 2.03. The second-order valence-electron chi connectivity index (χ2n) is 7.00. The molecule has 0 bridgehead atoms. The van der Waals surface area contributed by atoms with Gasteiger partial charge in [0.1, 0.15) is 24.7 Å². The van der Waals surface area contributed by atoms with Crippen LogP contribution in [0.3, 0.4) is 0 Å². The van der Waals surface area contributed by atoms with Crippen molar-refractivity contribution >= 4 is 44.9 Å². The molecule has 0 unspecified atom stereocenters. The fraction of sp³-hybridized carbons (Fsp3) is 0.208. The van der Waals surface area contributed by atoms with E-state index in [0.717, 1.165) is 9.87 Å². The molecule has 0 aliphatic heterocycles. The van der Waals surface area contributed by atoms with Crippen LogP contribution in [-0.4, -0.2) is 34.6 Å². The average molecular weight is 524 g/mol. The summed E-state index contributed by atoms with van der Waals surface area (Å²) in [6.45, 7) is 1.33. The minimum atomic E-state index is -4.22. The normalized spacial score (nSPS) is 11.1. The smallest absolute Gasteiger partial charge is 0.326 e. The average Bonchev–Trinajstić information content (AvgIpc) is 2.83. The van der Waals surface area contributed by atoms with Gasteiger partial charge in [0, 0.05) is 6.07 Å². The van der Waals surface area contributed by atoms with Crippen molar-refractivity contribution in [3.05, 3.63) is 82.3 Å². The van der Waals surface area contributed by atoms with Gasteiger partial charge < -0.3 is 14.2 Å². The van der Waals surface area contributed by atoms with Crippen LogP contribution < -0.4 is 13.8 Å². The summed E-state index contributed by atoms with van der Waals surface area (Å²) in [5.74, 6) is -0.0434.